The Morgan fingerprint density at radius 2 is 1.90 bits per heavy atom. The number of aromatic nitrogens is 2. The van der Waals surface area contributed by atoms with E-state index >= 15 is 0 Å². The van der Waals surface area contributed by atoms with Crippen LogP contribution in [0.4, 0.5) is 0 Å². The van der Waals surface area contributed by atoms with Gasteiger partial charge in [-0.25, -0.2) is 0 Å². The number of aryl methyl sites for hydroxylation is 2. The maximum absolute atomic E-state index is 13.0. The molecule has 2 aromatic rings. The normalized spacial score (nSPS) is 26.9. The quantitative estimate of drug-likeness (QED) is 0.796. The number of ether oxygens (including phenoxy) is 1. The van der Waals surface area contributed by atoms with Crippen LogP contribution in [0.5, 0.6) is 5.75 Å². The fraction of sp³-hybridized carbons (Fsp3) is 0.583. The molecule has 0 bridgehead atoms. The van der Waals surface area contributed by atoms with E-state index in [9.17, 15) is 4.79 Å². The summed E-state index contributed by atoms with van der Waals surface area (Å²) >= 11 is 0. The number of fused-ring (bicyclic) bond motifs is 1. The summed E-state index contributed by atoms with van der Waals surface area (Å²) in [5.74, 6) is 2.63. The molecule has 1 aromatic carbocycles. The van der Waals surface area contributed by atoms with Crippen molar-refractivity contribution >= 4 is 5.91 Å². The van der Waals surface area contributed by atoms with E-state index in [1.807, 2.05) is 37.6 Å². The minimum atomic E-state index is -0.104. The number of nitrogens with one attached hydrogen (secondary N) is 1. The second-order valence-corrected chi connectivity index (χ2v) is 8.96. The summed E-state index contributed by atoms with van der Waals surface area (Å²) < 4.78 is 7.27. The van der Waals surface area contributed by atoms with E-state index < -0.39 is 0 Å². The van der Waals surface area contributed by atoms with Crippen LogP contribution in [-0.4, -0.2) is 28.8 Å². The zero-order valence-corrected chi connectivity index (χ0v) is 18.0. The zero-order valence-electron chi connectivity index (χ0n) is 18.0. The van der Waals surface area contributed by atoms with E-state index in [-0.39, 0.29) is 17.9 Å². The summed E-state index contributed by atoms with van der Waals surface area (Å²) in [6.45, 7) is 6.67. The number of hydrogen-bond acceptors (Lipinski definition) is 3. The number of hydrogen-bond donors (Lipinski definition) is 1. The van der Waals surface area contributed by atoms with Crippen molar-refractivity contribution in [3.8, 4) is 5.75 Å². The van der Waals surface area contributed by atoms with Gasteiger partial charge in [0.2, 0.25) is 5.91 Å². The number of amides is 1. The SMILES string of the molecule is COc1ccc([C@H]2[C@@H]3CCCC[C@H]3[C@@H]2NC(=O)[C@H](C)Cn2nc(C)cc2C)cc1. The van der Waals surface area contributed by atoms with E-state index in [0.717, 1.165) is 17.1 Å². The third-order valence-electron chi connectivity index (χ3n) is 6.99. The Hall–Kier alpha value is -2.30. The summed E-state index contributed by atoms with van der Waals surface area (Å²) in [7, 11) is 1.70. The largest absolute Gasteiger partial charge is 0.497 e. The first-order valence-electron chi connectivity index (χ1n) is 10.9. The van der Waals surface area contributed by atoms with E-state index in [4.69, 9.17) is 4.74 Å². The Bertz CT molecular complexity index is 858. The maximum Gasteiger partial charge on any atom is 0.224 e. The van der Waals surface area contributed by atoms with Gasteiger partial charge in [0, 0.05) is 17.7 Å². The van der Waals surface area contributed by atoms with Crippen molar-refractivity contribution < 1.29 is 9.53 Å². The molecule has 4 rings (SSSR count). The molecule has 1 aromatic heterocycles. The minimum Gasteiger partial charge on any atom is -0.497 e. The molecule has 2 fully saturated rings. The molecule has 0 saturated heterocycles. The third-order valence-corrected chi connectivity index (χ3v) is 6.99. The van der Waals surface area contributed by atoms with Gasteiger partial charge in [-0.1, -0.05) is 31.9 Å². The lowest BCUT2D eigenvalue weighted by Gasteiger charge is -2.55. The van der Waals surface area contributed by atoms with Gasteiger partial charge in [0.1, 0.15) is 5.75 Å². The molecule has 0 aliphatic heterocycles. The van der Waals surface area contributed by atoms with Crippen molar-refractivity contribution in [1.29, 1.82) is 0 Å². The fourth-order valence-corrected chi connectivity index (χ4v) is 5.45. The summed E-state index contributed by atoms with van der Waals surface area (Å²) in [5, 5.41) is 7.94. The van der Waals surface area contributed by atoms with Crippen molar-refractivity contribution in [1.82, 2.24) is 15.1 Å². The monoisotopic (exact) mass is 395 g/mol. The lowest BCUT2D eigenvalue weighted by molar-refractivity contribution is -0.128. The molecule has 5 atom stereocenters. The molecule has 156 valence electrons. The Balaban J connectivity index is 1.47. The van der Waals surface area contributed by atoms with Crippen LogP contribution in [0.15, 0.2) is 30.3 Å². The first-order chi connectivity index (χ1) is 14.0. The van der Waals surface area contributed by atoms with Crippen LogP contribution >= 0.6 is 0 Å². The zero-order chi connectivity index (χ0) is 20.5. The van der Waals surface area contributed by atoms with Crippen LogP contribution in [0.1, 0.15) is 55.5 Å². The van der Waals surface area contributed by atoms with Crippen LogP contribution in [0.3, 0.4) is 0 Å². The highest BCUT2D eigenvalue weighted by Gasteiger charge is 2.51. The summed E-state index contributed by atoms with van der Waals surface area (Å²) in [6.07, 6.45) is 5.09. The van der Waals surface area contributed by atoms with Crippen LogP contribution in [0, 0.1) is 31.6 Å². The summed E-state index contributed by atoms with van der Waals surface area (Å²) in [4.78, 5) is 13.0. The van der Waals surface area contributed by atoms with Crippen LogP contribution in [0.2, 0.25) is 0 Å². The molecule has 5 heteroatoms. The number of nitrogens with zero attached hydrogens (tertiary/aromatic N) is 2. The fourth-order valence-electron chi connectivity index (χ4n) is 5.45. The molecule has 1 N–H and O–H groups in total. The molecule has 0 radical (unpaired) electrons. The molecule has 2 aliphatic carbocycles. The Kier molecular flexibility index (Phi) is 5.66. The van der Waals surface area contributed by atoms with Gasteiger partial charge in [-0.3, -0.25) is 9.48 Å². The first-order valence-corrected chi connectivity index (χ1v) is 10.9. The highest BCUT2D eigenvalue weighted by atomic mass is 16.5. The Morgan fingerprint density at radius 3 is 2.52 bits per heavy atom. The van der Waals surface area contributed by atoms with E-state index in [1.165, 1.54) is 31.2 Å². The van der Waals surface area contributed by atoms with E-state index in [0.29, 0.717) is 24.3 Å². The second-order valence-electron chi connectivity index (χ2n) is 8.96. The molecule has 0 unspecified atom stereocenters. The van der Waals surface area contributed by atoms with Crippen molar-refractivity contribution in [2.45, 2.75) is 65.0 Å². The molecular weight excluding hydrogens is 362 g/mol. The predicted octanol–water partition coefficient (Wildman–Crippen LogP) is 4.23. The molecule has 0 spiro atoms. The number of carbonyl (C=O) groups excluding carboxylic acids is 1. The number of benzene rings is 1. The summed E-state index contributed by atoms with van der Waals surface area (Å²) in [5.41, 5.74) is 3.43. The predicted molar refractivity (Wildman–Crippen MR) is 114 cm³/mol. The van der Waals surface area contributed by atoms with Crippen LogP contribution in [0.25, 0.3) is 0 Å². The average Bonchev–Trinajstić information content (AvgIpc) is 3.03. The molecule has 2 aliphatic rings. The molecule has 1 amide bonds. The topological polar surface area (TPSA) is 56.1 Å². The lowest BCUT2D eigenvalue weighted by Crippen LogP contribution is -2.60. The van der Waals surface area contributed by atoms with Crippen LogP contribution in [-0.2, 0) is 11.3 Å². The van der Waals surface area contributed by atoms with Gasteiger partial charge in [-0.15, -0.1) is 0 Å². The number of carbonyl (C=O) groups is 1. The van der Waals surface area contributed by atoms with Gasteiger partial charge in [-0.05, 0) is 62.3 Å². The molecule has 2 saturated carbocycles. The smallest absolute Gasteiger partial charge is 0.224 e. The molecular formula is C24H33N3O2. The number of methoxy groups -OCH3 is 1. The van der Waals surface area contributed by atoms with Crippen molar-refractivity contribution in [3.05, 3.63) is 47.3 Å². The third kappa shape index (κ3) is 3.92. The van der Waals surface area contributed by atoms with Gasteiger partial charge >= 0.3 is 0 Å². The molecule has 5 nitrogen and oxygen atoms in total. The van der Waals surface area contributed by atoms with Gasteiger partial charge in [-0.2, -0.15) is 5.10 Å². The van der Waals surface area contributed by atoms with Crippen LogP contribution < -0.4 is 10.1 Å². The summed E-state index contributed by atoms with van der Waals surface area (Å²) in [6, 6.07) is 10.7. The van der Waals surface area contributed by atoms with Crippen molar-refractivity contribution in [2.24, 2.45) is 17.8 Å². The Labute approximate surface area is 173 Å². The molecule has 29 heavy (non-hydrogen) atoms. The van der Waals surface area contributed by atoms with Gasteiger partial charge in [0.15, 0.2) is 0 Å². The van der Waals surface area contributed by atoms with Crippen molar-refractivity contribution in [3.63, 3.8) is 0 Å². The van der Waals surface area contributed by atoms with Gasteiger partial charge < -0.3 is 10.1 Å². The van der Waals surface area contributed by atoms with Gasteiger partial charge in [0.25, 0.3) is 0 Å². The standard InChI is InChI=1S/C24H33N3O2/c1-15(14-27-17(3)13-16(2)26-27)24(28)25-23-21-8-6-5-7-20(21)22(23)18-9-11-19(29-4)12-10-18/h9-13,15,20-23H,5-8,14H2,1-4H3,(H,25,28)/t15-,20-,21-,22+,23+/m1/s1. The number of rotatable bonds is 6. The van der Waals surface area contributed by atoms with Gasteiger partial charge in [0.05, 0.1) is 25.3 Å². The maximum atomic E-state index is 13.0. The van der Waals surface area contributed by atoms with Crippen molar-refractivity contribution in [2.75, 3.05) is 7.11 Å². The second kappa shape index (κ2) is 8.21. The molecule has 1 heterocycles. The lowest BCUT2D eigenvalue weighted by atomic mass is 9.53. The Morgan fingerprint density at radius 1 is 1.21 bits per heavy atom. The first kappa shape index (κ1) is 20.0. The highest BCUT2D eigenvalue weighted by molar-refractivity contribution is 5.79. The minimum absolute atomic E-state index is 0.104. The highest BCUT2D eigenvalue weighted by Crippen LogP contribution is 2.54. The van der Waals surface area contributed by atoms with E-state index in [2.05, 4.69) is 28.6 Å². The average molecular weight is 396 g/mol. The van der Waals surface area contributed by atoms with E-state index in [1.54, 1.807) is 7.11 Å².